The third-order valence-electron chi connectivity index (χ3n) is 5.00. The van der Waals surface area contributed by atoms with Gasteiger partial charge in [-0.15, -0.1) is 0 Å². The molecule has 1 saturated carbocycles. The Bertz CT molecular complexity index is 453. The molecule has 1 atom stereocenters. The van der Waals surface area contributed by atoms with Crippen LogP contribution in [0.3, 0.4) is 0 Å². The Labute approximate surface area is 126 Å². The minimum atomic E-state index is 0.180. The summed E-state index contributed by atoms with van der Waals surface area (Å²) in [7, 11) is 1.90. The van der Waals surface area contributed by atoms with Gasteiger partial charge < -0.3 is 4.90 Å². The fraction of sp³-hybridized carbons (Fsp3) is 0.750. The van der Waals surface area contributed by atoms with Gasteiger partial charge in [0.25, 0.3) is 0 Å². The highest BCUT2D eigenvalue weighted by Gasteiger charge is 2.33. The Balaban J connectivity index is 1.51. The first-order valence-electron chi connectivity index (χ1n) is 8.21. The Morgan fingerprint density at radius 1 is 1.38 bits per heavy atom. The van der Waals surface area contributed by atoms with Crippen molar-refractivity contribution in [1.29, 1.82) is 0 Å². The first-order chi connectivity index (χ1) is 10.2. The number of carbonyl (C=O) groups is 1. The van der Waals surface area contributed by atoms with Crippen molar-refractivity contribution in [2.75, 3.05) is 20.1 Å². The van der Waals surface area contributed by atoms with Gasteiger partial charge in [-0.25, -0.2) is 0 Å². The largest absolute Gasteiger partial charge is 0.340 e. The molecule has 3 rings (SSSR count). The molecule has 1 aromatic heterocycles. The van der Waals surface area contributed by atoms with E-state index in [-0.39, 0.29) is 11.8 Å². The number of aromatic nitrogens is 2. The minimum absolute atomic E-state index is 0.180. The lowest BCUT2D eigenvalue weighted by molar-refractivity contribution is -0.134. The normalized spacial score (nSPS) is 24.3. The molecule has 21 heavy (non-hydrogen) atoms. The summed E-state index contributed by atoms with van der Waals surface area (Å²) in [6, 6.07) is 2.65. The molecule has 2 heterocycles. The fourth-order valence-electron chi connectivity index (χ4n) is 3.78. The lowest BCUT2D eigenvalue weighted by atomic mass is 9.94. The summed E-state index contributed by atoms with van der Waals surface area (Å²) in [5, 5.41) is 6.85. The Morgan fingerprint density at radius 2 is 2.19 bits per heavy atom. The molecular weight excluding hydrogens is 264 g/mol. The van der Waals surface area contributed by atoms with E-state index in [9.17, 15) is 4.79 Å². The van der Waals surface area contributed by atoms with Crippen LogP contribution in [0.5, 0.6) is 0 Å². The van der Waals surface area contributed by atoms with Crippen LogP contribution in [0.15, 0.2) is 12.3 Å². The minimum Gasteiger partial charge on any atom is -0.340 e. The van der Waals surface area contributed by atoms with Crippen molar-refractivity contribution < 1.29 is 4.79 Å². The van der Waals surface area contributed by atoms with Gasteiger partial charge in [0.15, 0.2) is 0 Å². The van der Waals surface area contributed by atoms with Gasteiger partial charge in [0.1, 0.15) is 0 Å². The van der Waals surface area contributed by atoms with E-state index < -0.39 is 0 Å². The van der Waals surface area contributed by atoms with E-state index in [0.717, 1.165) is 31.2 Å². The van der Waals surface area contributed by atoms with Crippen LogP contribution in [0, 0.1) is 5.92 Å². The molecule has 1 N–H and O–H groups in total. The van der Waals surface area contributed by atoms with E-state index in [2.05, 4.69) is 15.1 Å². The number of hydrogen-bond donors (Lipinski definition) is 1. The number of amides is 1. The van der Waals surface area contributed by atoms with Gasteiger partial charge in [-0.2, -0.15) is 5.10 Å². The van der Waals surface area contributed by atoms with E-state index in [0.29, 0.717) is 6.54 Å². The fourth-order valence-corrected chi connectivity index (χ4v) is 3.78. The molecule has 2 fully saturated rings. The van der Waals surface area contributed by atoms with Crippen LogP contribution in [0.1, 0.15) is 44.2 Å². The van der Waals surface area contributed by atoms with Gasteiger partial charge in [-0.3, -0.25) is 14.8 Å². The number of carbonyl (C=O) groups excluding carboxylic acids is 1. The van der Waals surface area contributed by atoms with Gasteiger partial charge in [-0.05, 0) is 31.9 Å². The summed E-state index contributed by atoms with van der Waals surface area (Å²) in [5.74, 6) is 0.461. The molecule has 0 spiro atoms. The molecule has 0 unspecified atom stereocenters. The average molecular weight is 290 g/mol. The molecule has 116 valence electrons. The second-order valence-electron chi connectivity index (χ2n) is 6.55. The van der Waals surface area contributed by atoms with E-state index in [4.69, 9.17) is 0 Å². The number of hydrogen-bond acceptors (Lipinski definition) is 3. The molecule has 1 saturated heterocycles. The molecule has 2 aliphatic rings. The summed E-state index contributed by atoms with van der Waals surface area (Å²) < 4.78 is 0. The lowest BCUT2D eigenvalue weighted by Gasteiger charge is -2.31. The molecular formula is C16H26N4O. The molecule has 1 amide bonds. The van der Waals surface area contributed by atoms with E-state index in [1.54, 1.807) is 6.20 Å². The third kappa shape index (κ3) is 3.46. The van der Waals surface area contributed by atoms with Gasteiger partial charge in [0.2, 0.25) is 5.91 Å². The lowest BCUT2D eigenvalue weighted by Crippen LogP contribution is -2.38. The summed E-state index contributed by atoms with van der Waals surface area (Å²) >= 11 is 0. The van der Waals surface area contributed by atoms with E-state index in [1.807, 2.05) is 18.0 Å². The van der Waals surface area contributed by atoms with Crippen LogP contribution in [0.25, 0.3) is 0 Å². The number of aromatic amines is 1. The molecule has 0 aromatic carbocycles. The van der Waals surface area contributed by atoms with Crippen molar-refractivity contribution in [3.05, 3.63) is 18.0 Å². The van der Waals surface area contributed by atoms with Crippen molar-refractivity contribution >= 4 is 5.91 Å². The molecule has 0 bridgehead atoms. The summed E-state index contributed by atoms with van der Waals surface area (Å²) in [5.41, 5.74) is 0.994. The SMILES string of the molecule is CN(Cc1ccn[nH]1)C(=O)[C@H]1CCN(C2CCCCC2)C1. The van der Waals surface area contributed by atoms with Crippen molar-refractivity contribution in [3.63, 3.8) is 0 Å². The molecule has 5 heteroatoms. The Hall–Kier alpha value is -1.36. The van der Waals surface area contributed by atoms with Gasteiger partial charge in [-0.1, -0.05) is 19.3 Å². The van der Waals surface area contributed by atoms with E-state index >= 15 is 0 Å². The third-order valence-corrected chi connectivity index (χ3v) is 5.00. The highest BCUT2D eigenvalue weighted by atomic mass is 16.2. The van der Waals surface area contributed by atoms with Crippen LogP contribution in [-0.4, -0.2) is 52.1 Å². The Kier molecular flexibility index (Phi) is 4.58. The van der Waals surface area contributed by atoms with Crippen molar-refractivity contribution in [3.8, 4) is 0 Å². The predicted octanol–water partition coefficient (Wildman–Crippen LogP) is 2.02. The van der Waals surface area contributed by atoms with Gasteiger partial charge in [0, 0.05) is 25.8 Å². The zero-order valence-electron chi connectivity index (χ0n) is 12.9. The summed E-state index contributed by atoms with van der Waals surface area (Å²) in [6.45, 7) is 2.68. The second-order valence-corrected chi connectivity index (χ2v) is 6.55. The van der Waals surface area contributed by atoms with Crippen LogP contribution in [0.4, 0.5) is 0 Å². The first-order valence-corrected chi connectivity index (χ1v) is 8.21. The van der Waals surface area contributed by atoms with Crippen LogP contribution in [-0.2, 0) is 11.3 Å². The first kappa shape index (κ1) is 14.6. The van der Waals surface area contributed by atoms with Crippen LogP contribution < -0.4 is 0 Å². The van der Waals surface area contributed by atoms with Crippen LogP contribution in [0.2, 0.25) is 0 Å². The summed E-state index contributed by atoms with van der Waals surface area (Å²) in [6.07, 6.45) is 9.51. The van der Waals surface area contributed by atoms with Crippen LogP contribution >= 0.6 is 0 Å². The molecule has 5 nitrogen and oxygen atoms in total. The topological polar surface area (TPSA) is 52.2 Å². The number of nitrogens with zero attached hydrogens (tertiary/aromatic N) is 3. The maximum Gasteiger partial charge on any atom is 0.227 e. The highest BCUT2D eigenvalue weighted by molar-refractivity contribution is 5.79. The highest BCUT2D eigenvalue weighted by Crippen LogP contribution is 2.28. The van der Waals surface area contributed by atoms with Crippen molar-refractivity contribution in [1.82, 2.24) is 20.0 Å². The number of rotatable bonds is 4. The monoisotopic (exact) mass is 290 g/mol. The van der Waals surface area contributed by atoms with E-state index in [1.165, 1.54) is 32.1 Å². The number of H-pyrrole nitrogens is 1. The van der Waals surface area contributed by atoms with Crippen molar-refractivity contribution in [2.24, 2.45) is 5.92 Å². The predicted molar refractivity (Wildman–Crippen MR) is 81.6 cm³/mol. The maximum absolute atomic E-state index is 12.6. The number of likely N-dealkylation sites (tertiary alicyclic amines) is 1. The average Bonchev–Trinajstić information content (AvgIpc) is 3.18. The zero-order valence-corrected chi connectivity index (χ0v) is 12.9. The van der Waals surface area contributed by atoms with Gasteiger partial charge in [0.05, 0.1) is 18.2 Å². The molecule has 1 aromatic rings. The van der Waals surface area contributed by atoms with Crippen molar-refractivity contribution in [2.45, 2.75) is 51.1 Å². The quantitative estimate of drug-likeness (QED) is 0.923. The van der Waals surface area contributed by atoms with Gasteiger partial charge >= 0.3 is 0 Å². The molecule has 0 radical (unpaired) electrons. The maximum atomic E-state index is 12.6. The standard InChI is InChI=1S/C16H26N4O/c1-19(12-14-7-9-17-18-14)16(21)13-8-10-20(11-13)15-5-3-2-4-6-15/h7,9,13,15H,2-6,8,10-12H2,1H3,(H,17,18)/t13-/m0/s1. The molecule has 1 aliphatic carbocycles. The summed E-state index contributed by atoms with van der Waals surface area (Å²) in [4.78, 5) is 17.0. The zero-order chi connectivity index (χ0) is 14.7. The number of nitrogens with one attached hydrogen (secondary N) is 1. The smallest absolute Gasteiger partial charge is 0.227 e. The Morgan fingerprint density at radius 3 is 2.90 bits per heavy atom. The second kappa shape index (κ2) is 6.60. The molecule has 1 aliphatic heterocycles.